The number of rotatable bonds is 4. The molecule has 10 heteroatoms. The maximum Gasteiger partial charge on any atom is 0.471 e. The zero-order valence-corrected chi connectivity index (χ0v) is 14.0. The second-order valence-corrected chi connectivity index (χ2v) is 5.97. The van der Waals surface area contributed by atoms with Crippen LogP contribution < -0.4 is 15.2 Å². The molecule has 1 heterocycles. The van der Waals surface area contributed by atoms with Gasteiger partial charge in [0.25, 0.3) is 0 Å². The Balaban J connectivity index is 1.76. The fourth-order valence-electron chi connectivity index (χ4n) is 2.81. The van der Waals surface area contributed by atoms with E-state index in [4.69, 9.17) is 0 Å². The highest BCUT2D eigenvalue weighted by atomic mass is 19.4. The minimum atomic E-state index is -5.02. The van der Waals surface area contributed by atoms with Crippen molar-refractivity contribution >= 4 is 29.1 Å². The van der Waals surface area contributed by atoms with Gasteiger partial charge in [-0.3, -0.25) is 24.2 Å². The summed E-state index contributed by atoms with van der Waals surface area (Å²) < 4.78 is 48.9. The third-order valence-corrected chi connectivity index (χ3v) is 4.16. The van der Waals surface area contributed by atoms with E-state index in [0.29, 0.717) is 5.56 Å². The first-order valence-electron chi connectivity index (χ1n) is 7.94. The molecule has 0 spiro atoms. The zero-order valence-electron chi connectivity index (χ0n) is 14.0. The number of alkyl halides is 3. The van der Waals surface area contributed by atoms with Gasteiger partial charge in [0, 0.05) is 16.6 Å². The molecule has 2 aromatic carbocycles. The molecule has 0 bridgehead atoms. The van der Waals surface area contributed by atoms with Crippen LogP contribution in [-0.2, 0) is 14.4 Å². The van der Waals surface area contributed by atoms with Gasteiger partial charge in [0.2, 0.25) is 11.8 Å². The van der Waals surface area contributed by atoms with E-state index in [0.717, 1.165) is 4.90 Å². The minimum Gasteiger partial charge on any atom is -0.318 e. The van der Waals surface area contributed by atoms with Crippen LogP contribution in [0.5, 0.6) is 5.75 Å². The highest BCUT2D eigenvalue weighted by Crippen LogP contribution is 2.34. The number of nitrogens with one attached hydrogen (secondary N) is 1. The Hall–Kier alpha value is -3.43. The highest BCUT2D eigenvalue weighted by Gasteiger charge is 2.41. The van der Waals surface area contributed by atoms with Crippen LogP contribution in [0, 0.1) is 0 Å². The summed E-state index contributed by atoms with van der Waals surface area (Å²) in [4.78, 5) is 40.3. The van der Waals surface area contributed by atoms with Gasteiger partial charge in [-0.05, 0) is 42.0 Å². The van der Waals surface area contributed by atoms with Crippen LogP contribution in [0.4, 0.5) is 29.1 Å². The molecule has 1 N–H and O–H groups in total. The first kappa shape index (κ1) is 19.3. The number of benzene rings is 2. The van der Waals surface area contributed by atoms with E-state index < -0.39 is 29.8 Å². The number of anilines is 2. The molecule has 3 amide bonds. The predicted octanol–water partition coefficient (Wildman–Crippen LogP) is 3.50. The second-order valence-electron chi connectivity index (χ2n) is 5.97. The molecule has 2 aromatic rings. The van der Waals surface area contributed by atoms with Crippen molar-refractivity contribution in [3.05, 3.63) is 54.1 Å². The predicted molar refractivity (Wildman–Crippen MR) is 89.2 cm³/mol. The number of amides is 3. The van der Waals surface area contributed by atoms with E-state index in [1.54, 1.807) is 5.32 Å². The number of hydrogen-bond acceptors (Lipinski definition) is 4. The fraction of sp³-hybridized carbons (Fsp3) is 0.167. The number of halogens is 4. The van der Waals surface area contributed by atoms with Crippen LogP contribution in [0.1, 0.15) is 17.9 Å². The molecule has 0 aromatic heterocycles. The quantitative estimate of drug-likeness (QED) is 0.634. The molecule has 0 radical (unpaired) electrons. The van der Waals surface area contributed by atoms with Gasteiger partial charge in [-0.2, -0.15) is 13.2 Å². The lowest BCUT2D eigenvalue weighted by Crippen LogP contribution is -2.30. The summed E-state index contributed by atoms with van der Waals surface area (Å²) in [5.74, 6) is -4.02. The van der Waals surface area contributed by atoms with Crippen LogP contribution in [-0.4, -0.2) is 23.9 Å². The van der Waals surface area contributed by atoms with E-state index in [1.807, 2.05) is 0 Å². The lowest BCUT2D eigenvalue weighted by molar-refractivity contribution is -0.167. The summed E-state index contributed by atoms with van der Waals surface area (Å²) >= 11 is 0. The van der Waals surface area contributed by atoms with Crippen molar-refractivity contribution in [2.24, 2.45) is 0 Å². The second kappa shape index (κ2) is 7.29. The zero-order chi connectivity index (χ0) is 20.5. The molecule has 1 saturated heterocycles. The topological polar surface area (TPSA) is 75.7 Å². The smallest absolute Gasteiger partial charge is 0.318 e. The summed E-state index contributed by atoms with van der Waals surface area (Å²) in [6.45, 7) is 0. The number of carbonyl (C=O) groups is 3. The monoisotopic (exact) mass is 396 g/mol. The highest BCUT2D eigenvalue weighted by molar-refractivity contribution is 6.22. The van der Waals surface area contributed by atoms with Crippen LogP contribution in [0.3, 0.4) is 0 Å². The number of hydrogen-bond donors (Lipinski definition) is 1. The molecule has 0 saturated carbocycles. The van der Waals surface area contributed by atoms with E-state index in [2.05, 4.69) is 4.94 Å². The third-order valence-electron chi connectivity index (χ3n) is 4.16. The maximum atomic E-state index is 12.6. The van der Waals surface area contributed by atoms with Crippen LogP contribution in [0.15, 0.2) is 48.5 Å². The van der Waals surface area contributed by atoms with E-state index >= 15 is 0 Å². The molecule has 1 aliphatic heterocycles. The average molecular weight is 396 g/mol. The number of carbonyl (C=O) groups excluding carboxylic acids is 3. The van der Waals surface area contributed by atoms with Crippen molar-refractivity contribution in [2.75, 3.05) is 10.2 Å². The molecule has 146 valence electrons. The van der Waals surface area contributed by atoms with Crippen LogP contribution in [0.25, 0.3) is 0 Å². The Labute approximate surface area is 155 Å². The standard InChI is InChI=1S/C18H12F4N2O4/c19-18(20,21)17(27)23-11-3-1-10(2-4-11)14-9-15(25)24(16(14)26)12-5-7-13(28-22)8-6-12/h1-8,14H,9H2,(H,23,27). The summed E-state index contributed by atoms with van der Waals surface area (Å²) in [5, 5.41) is 1.70. The molecule has 1 unspecified atom stereocenters. The lowest BCUT2D eigenvalue weighted by atomic mass is 9.97. The third kappa shape index (κ3) is 3.80. The average Bonchev–Trinajstić information content (AvgIpc) is 2.96. The van der Waals surface area contributed by atoms with Crippen molar-refractivity contribution in [1.29, 1.82) is 0 Å². The fourth-order valence-corrected chi connectivity index (χ4v) is 2.81. The van der Waals surface area contributed by atoms with Crippen LogP contribution >= 0.6 is 0 Å². The Morgan fingerprint density at radius 1 is 1.04 bits per heavy atom. The van der Waals surface area contributed by atoms with Gasteiger partial charge in [-0.25, -0.2) is 0 Å². The summed E-state index contributed by atoms with van der Waals surface area (Å²) in [7, 11) is 0. The van der Waals surface area contributed by atoms with Gasteiger partial charge in [0.15, 0.2) is 5.75 Å². The van der Waals surface area contributed by atoms with Crippen molar-refractivity contribution in [3.63, 3.8) is 0 Å². The number of nitrogens with zero attached hydrogens (tertiary/aromatic N) is 1. The molecule has 1 atom stereocenters. The van der Waals surface area contributed by atoms with Gasteiger partial charge >= 0.3 is 12.1 Å². The van der Waals surface area contributed by atoms with Gasteiger partial charge < -0.3 is 5.32 Å². The van der Waals surface area contributed by atoms with E-state index in [-0.39, 0.29) is 23.5 Å². The maximum absolute atomic E-state index is 12.6. The van der Waals surface area contributed by atoms with E-state index in [1.165, 1.54) is 48.5 Å². The minimum absolute atomic E-state index is 0.0871. The lowest BCUT2D eigenvalue weighted by Gasteiger charge is -2.15. The van der Waals surface area contributed by atoms with Gasteiger partial charge in [-0.15, -0.1) is 0 Å². The molecular weight excluding hydrogens is 384 g/mol. The first-order valence-corrected chi connectivity index (χ1v) is 7.94. The van der Waals surface area contributed by atoms with Crippen molar-refractivity contribution in [2.45, 2.75) is 18.5 Å². The SMILES string of the molecule is O=C1CC(c2ccc(NC(=O)C(F)(F)F)cc2)C(=O)N1c1ccc(OF)cc1. The molecule has 1 fully saturated rings. The van der Waals surface area contributed by atoms with Crippen molar-refractivity contribution < 1.29 is 37.0 Å². The summed E-state index contributed by atoms with van der Waals surface area (Å²) in [6.07, 6.45) is -5.15. The Morgan fingerprint density at radius 2 is 1.64 bits per heavy atom. The Kier molecular flexibility index (Phi) is 5.04. The molecule has 28 heavy (non-hydrogen) atoms. The number of imide groups is 1. The van der Waals surface area contributed by atoms with Crippen molar-refractivity contribution in [1.82, 2.24) is 0 Å². The van der Waals surface area contributed by atoms with Gasteiger partial charge in [0.1, 0.15) is 0 Å². The normalized spacial score (nSPS) is 17.0. The van der Waals surface area contributed by atoms with Crippen molar-refractivity contribution in [3.8, 4) is 5.75 Å². The van der Waals surface area contributed by atoms with Gasteiger partial charge in [0.05, 0.1) is 11.6 Å². The summed E-state index contributed by atoms with van der Waals surface area (Å²) in [5.41, 5.74) is 0.559. The van der Waals surface area contributed by atoms with E-state index in [9.17, 15) is 32.1 Å². The molecule has 1 aliphatic rings. The Morgan fingerprint density at radius 3 is 2.18 bits per heavy atom. The molecule has 3 rings (SSSR count). The first-order chi connectivity index (χ1) is 13.2. The molecule has 6 nitrogen and oxygen atoms in total. The van der Waals surface area contributed by atoms with Gasteiger partial charge in [-0.1, -0.05) is 12.1 Å². The largest absolute Gasteiger partial charge is 0.471 e. The Bertz CT molecular complexity index is 911. The van der Waals surface area contributed by atoms with Crippen LogP contribution in [0.2, 0.25) is 0 Å². The molecular formula is C18H12F4N2O4. The molecule has 0 aliphatic carbocycles. The summed E-state index contributed by atoms with van der Waals surface area (Å²) in [6, 6.07) is 10.4.